The van der Waals surface area contributed by atoms with E-state index in [4.69, 9.17) is 17.3 Å². The van der Waals surface area contributed by atoms with Gasteiger partial charge in [-0.25, -0.2) is 4.98 Å². The minimum absolute atomic E-state index is 0.356. The third-order valence-corrected chi connectivity index (χ3v) is 2.66. The van der Waals surface area contributed by atoms with Gasteiger partial charge in [0.2, 0.25) is 0 Å². The van der Waals surface area contributed by atoms with Gasteiger partial charge in [0.15, 0.2) is 0 Å². The standard InChI is InChI=1S/C11H14ClN3/c1-7(2)15-10-4-3-8(12)5-9(10)14-11(15)6-13/h3-5,7H,6,13H2,1-2H3. The second-order valence-corrected chi connectivity index (χ2v) is 4.27. The predicted octanol–water partition coefficient (Wildman–Crippen LogP) is 2.73. The van der Waals surface area contributed by atoms with Crippen LogP contribution in [0.4, 0.5) is 0 Å². The fourth-order valence-corrected chi connectivity index (χ4v) is 2.01. The number of halogens is 1. The smallest absolute Gasteiger partial charge is 0.123 e. The first-order valence-electron chi connectivity index (χ1n) is 5.00. The van der Waals surface area contributed by atoms with Crippen LogP contribution in [-0.4, -0.2) is 9.55 Å². The topological polar surface area (TPSA) is 43.8 Å². The van der Waals surface area contributed by atoms with E-state index in [1.54, 1.807) is 0 Å². The van der Waals surface area contributed by atoms with E-state index in [0.29, 0.717) is 17.6 Å². The summed E-state index contributed by atoms with van der Waals surface area (Å²) in [6.45, 7) is 4.69. The lowest BCUT2D eigenvalue weighted by Gasteiger charge is -2.11. The van der Waals surface area contributed by atoms with Crippen molar-refractivity contribution < 1.29 is 0 Å². The van der Waals surface area contributed by atoms with E-state index >= 15 is 0 Å². The first-order valence-corrected chi connectivity index (χ1v) is 5.37. The summed E-state index contributed by atoms with van der Waals surface area (Å²) in [5, 5.41) is 0.708. The maximum atomic E-state index is 5.92. The molecule has 80 valence electrons. The SMILES string of the molecule is CC(C)n1c(CN)nc2cc(Cl)ccc21. The van der Waals surface area contributed by atoms with Crippen LogP contribution in [0.5, 0.6) is 0 Å². The summed E-state index contributed by atoms with van der Waals surface area (Å²) in [5.41, 5.74) is 7.68. The Hall–Kier alpha value is -1.06. The van der Waals surface area contributed by atoms with Crippen LogP contribution in [0.15, 0.2) is 18.2 Å². The third kappa shape index (κ3) is 1.73. The van der Waals surface area contributed by atoms with Crippen LogP contribution in [-0.2, 0) is 6.54 Å². The molecule has 1 aromatic heterocycles. The molecule has 3 nitrogen and oxygen atoms in total. The zero-order chi connectivity index (χ0) is 11.0. The maximum Gasteiger partial charge on any atom is 0.123 e. The van der Waals surface area contributed by atoms with Crippen molar-refractivity contribution in [2.24, 2.45) is 5.73 Å². The van der Waals surface area contributed by atoms with E-state index in [-0.39, 0.29) is 0 Å². The van der Waals surface area contributed by atoms with Crippen molar-refractivity contribution in [3.8, 4) is 0 Å². The summed E-state index contributed by atoms with van der Waals surface area (Å²) in [6.07, 6.45) is 0. The van der Waals surface area contributed by atoms with Crippen molar-refractivity contribution in [2.75, 3.05) is 0 Å². The minimum atomic E-state index is 0.356. The van der Waals surface area contributed by atoms with E-state index in [9.17, 15) is 0 Å². The molecule has 0 saturated carbocycles. The van der Waals surface area contributed by atoms with E-state index < -0.39 is 0 Å². The third-order valence-electron chi connectivity index (χ3n) is 2.42. The fourth-order valence-electron chi connectivity index (χ4n) is 1.84. The summed E-state index contributed by atoms with van der Waals surface area (Å²) < 4.78 is 2.14. The van der Waals surface area contributed by atoms with Gasteiger partial charge in [-0.15, -0.1) is 0 Å². The lowest BCUT2D eigenvalue weighted by Crippen LogP contribution is -2.10. The van der Waals surface area contributed by atoms with Gasteiger partial charge in [-0.3, -0.25) is 0 Å². The molecular weight excluding hydrogens is 210 g/mol. The number of fused-ring (bicyclic) bond motifs is 1. The Bertz CT molecular complexity index is 488. The quantitative estimate of drug-likeness (QED) is 0.851. The van der Waals surface area contributed by atoms with Crippen molar-refractivity contribution in [2.45, 2.75) is 26.4 Å². The van der Waals surface area contributed by atoms with Gasteiger partial charge in [-0.05, 0) is 32.0 Å². The lowest BCUT2D eigenvalue weighted by molar-refractivity contribution is 0.585. The molecule has 0 unspecified atom stereocenters. The molecule has 4 heteroatoms. The number of aromatic nitrogens is 2. The molecule has 2 aromatic rings. The fraction of sp³-hybridized carbons (Fsp3) is 0.364. The molecule has 0 fully saturated rings. The summed E-state index contributed by atoms with van der Waals surface area (Å²) in [5.74, 6) is 0.905. The second-order valence-electron chi connectivity index (χ2n) is 3.83. The molecule has 0 radical (unpaired) electrons. The zero-order valence-corrected chi connectivity index (χ0v) is 9.62. The van der Waals surface area contributed by atoms with E-state index in [1.165, 1.54) is 0 Å². The molecule has 0 aliphatic rings. The van der Waals surface area contributed by atoms with Gasteiger partial charge in [-0.1, -0.05) is 11.6 Å². The van der Waals surface area contributed by atoms with Crippen LogP contribution < -0.4 is 5.73 Å². The van der Waals surface area contributed by atoms with E-state index in [1.807, 2.05) is 18.2 Å². The van der Waals surface area contributed by atoms with Crippen molar-refractivity contribution in [1.82, 2.24) is 9.55 Å². The van der Waals surface area contributed by atoms with Gasteiger partial charge in [0.05, 0.1) is 17.6 Å². The molecule has 2 rings (SSSR count). The summed E-state index contributed by atoms with van der Waals surface area (Å²) in [6, 6.07) is 6.10. The highest BCUT2D eigenvalue weighted by molar-refractivity contribution is 6.31. The summed E-state index contributed by atoms with van der Waals surface area (Å²) >= 11 is 5.92. The number of benzene rings is 1. The molecule has 0 aliphatic heterocycles. The first-order chi connectivity index (χ1) is 7.13. The van der Waals surface area contributed by atoms with Gasteiger partial charge in [-0.2, -0.15) is 0 Å². The average molecular weight is 224 g/mol. The Kier molecular flexibility index (Phi) is 2.67. The molecule has 0 spiro atoms. The minimum Gasteiger partial charge on any atom is -0.324 e. The molecule has 0 saturated heterocycles. The van der Waals surface area contributed by atoms with Crippen molar-refractivity contribution in [3.05, 3.63) is 29.0 Å². The summed E-state index contributed by atoms with van der Waals surface area (Å²) in [4.78, 5) is 4.47. The van der Waals surface area contributed by atoms with Gasteiger partial charge in [0.1, 0.15) is 5.82 Å². The Morgan fingerprint density at radius 1 is 1.47 bits per heavy atom. The Morgan fingerprint density at radius 2 is 2.20 bits per heavy atom. The summed E-state index contributed by atoms with van der Waals surface area (Å²) in [7, 11) is 0. The number of nitrogens with two attached hydrogens (primary N) is 1. The van der Waals surface area contributed by atoms with Gasteiger partial charge >= 0.3 is 0 Å². The highest BCUT2D eigenvalue weighted by atomic mass is 35.5. The maximum absolute atomic E-state index is 5.92. The van der Waals surface area contributed by atoms with Gasteiger partial charge in [0.25, 0.3) is 0 Å². The van der Waals surface area contributed by atoms with Gasteiger partial charge < -0.3 is 10.3 Å². The normalized spacial score (nSPS) is 11.5. The van der Waals surface area contributed by atoms with Crippen LogP contribution in [0.1, 0.15) is 25.7 Å². The number of hydrogen-bond donors (Lipinski definition) is 1. The Labute approximate surface area is 93.9 Å². The van der Waals surface area contributed by atoms with Crippen LogP contribution in [0.3, 0.4) is 0 Å². The molecule has 0 atom stereocenters. The first kappa shape index (κ1) is 10.5. The highest BCUT2D eigenvalue weighted by Gasteiger charge is 2.11. The Balaban J connectivity index is 2.74. The molecular formula is C11H14ClN3. The highest BCUT2D eigenvalue weighted by Crippen LogP contribution is 2.23. The van der Waals surface area contributed by atoms with E-state index in [0.717, 1.165) is 16.9 Å². The van der Waals surface area contributed by atoms with Crippen molar-refractivity contribution in [3.63, 3.8) is 0 Å². The van der Waals surface area contributed by atoms with Crippen LogP contribution >= 0.6 is 11.6 Å². The van der Waals surface area contributed by atoms with Crippen molar-refractivity contribution in [1.29, 1.82) is 0 Å². The van der Waals surface area contributed by atoms with Gasteiger partial charge in [0, 0.05) is 11.1 Å². The average Bonchev–Trinajstić information content (AvgIpc) is 2.54. The predicted molar refractivity (Wildman–Crippen MR) is 63.0 cm³/mol. The molecule has 0 amide bonds. The van der Waals surface area contributed by atoms with Crippen molar-refractivity contribution >= 4 is 22.6 Å². The molecule has 15 heavy (non-hydrogen) atoms. The monoisotopic (exact) mass is 223 g/mol. The number of rotatable bonds is 2. The second kappa shape index (κ2) is 3.83. The molecule has 0 aliphatic carbocycles. The van der Waals surface area contributed by atoms with Crippen LogP contribution in [0, 0.1) is 0 Å². The molecule has 1 aromatic carbocycles. The van der Waals surface area contributed by atoms with Crippen LogP contribution in [0.2, 0.25) is 5.02 Å². The molecule has 1 heterocycles. The van der Waals surface area contributed by atoms with Crippen LogP contribution in [0.25, 0.3) is 11.0 Å². The number of imidazole rings is 1. The lowest BCUT2D eigenvalue weighted by atomic mass is 10.3. The number of hydrogen-bond acceptors (Lipinski definition) is 2. The largest absolute Gasteiger partial charge is 0.324 e. The zero-order valence-electron chi connectivity index (χ0n) is 8.87. The van der Waals surface area contributed by atoms with E-state index in [2.05, 4.69) is 23.4 Å². The molecule has 0 bridgehead atoms. The molecule has 2 N–H and O–H groups in total. The number of nitrogens with zero attached hydrogens (tertiary/aromatic N) is 2. The Morgan fingerprint density at radius 3 is 2.80 bits per heavy atom.